The van der Waals surface area contributed by atoms with Crippen LogP contribution in [0.2, 0.25) is 0 Å². The lowest BCUT2D eigenvalue weighted by Gasteiger charge is -2.06. The molecule has 1 aromatic carbocycles. The fourth-order valence-corrected chi connectivity index (χ4v) is 1.83. The average molecular weight is 176 g/mol. The third kappa shape index (κ3) is 1.97. The van der Waals surface area contributed by atoms with Crippen LogP contribution in [0.3, 0.4) is 0 Å². The van der Waals surface area contributed by atoms with Crippen LogP contribution in [0.15, 0.2) is 12.1 Å². The molecular weight excluding hydrogens is 158 g/mol. The molecule has 70 valence electrons. The van der Waals surface area contributed by atoms with Crippen LogP contribution < -0.4 is 0 Å². The van der Waals surface area contributed by atoms with E-state index in [1.807, 2.05) is 4.58 Å². The summed E-state index contributed by atoms with van der Waals surface area (Å²) in [6.45, 7) is 13.5. The van der Waals surface area contributed by atoms with Crippen LogP contribution in [0.4, 0.5) is 5.69 Å². The summed E-state index contributed by atoms with van der Waals surface area (Å²) in [6.07, 6.45) is 0. The van der Waals surface area contributed by atoms with E-state index in [9.17, 15) is 0 Å². The zero-order valence-electron chi connectivity index (χ0n) is 9.02. The SMILES string of the molecule is C=[N+](CC)c1c(C)cc(C)cc1C. The summed E-state index contributed by atoms with van der Waals surface area (Å²) in [7, 11) is 0. The highest BCUT2D eigenvalue weighted by Gasteiger charge is 2.11. The number of benzene rings is 1. The van der Waals surface area contributed by atoms with Gasteiger partial charge in [-0.3, -0.25) is 0 Å². The van der Waals surface area contributed by atoms with Crippen molar-refractivity contribution < 1.29 is 4.58 Å². The van der Waals surface area contributed by atoms with Crippen LogP contribution in [0, 0.1) is 20.8 Å². The summed E-state index contributed by atoms with van der Waals surface area (Å²) in [5, 5.41) is 0. The second kappa shape index (κ2) is 3.73. The Kier molecular flexibility index (Phi) is 2.86. The second-order valence-electron chi connectivity index (χ2n) is 3.60. The molecule has 0 atom stereocenters. The number of aryl methyl sites for hydroxylation is 3. The van der Waals surface area contributed by atoms with Gasteiger partial charge in [0.05, 0.1) is 0 Å². The van der Waals surface area contributed by atoms with Crippen LogP contribution in [-0.4, -0.2) is 17.8 Å². The quantitative estimate of drug-likeness (QED) is 0.481. The molecule has 13 heavy (non-hydrogen) atoms. The Morgan fingerprint density at radius 2 is 1.62 bits per heavy atom. The summed E-state index contributed by atoms with van der Waals surface area (Å²) >= 11 is 0. The molecule has 1 rings (SSSR count). The molecule has 0 saturated carbocycles. The maximum Gasteiger partial charge on any atom is 0.210 e. The van der Waals surface area contributed by atoms with Crippen molar-refractivity contribution in [2.24, 2.45) is 0 Å². The van der Waals surface area contributed by atoms with Gasteiger partial charge in [0.25, 0.3) is 0 Å². The van der Waals surface area contributed by atoms with E-state index in [1.165, 1.54) is 22.4 Å². The predicted octanol–water partition coefficient (Wildman–Crippen LogP) is 2.98. The molecule has 1 aromatic rings. The van der Waals surface area contributed by atoms with E-state index in [0.29, 0.717) is 0 Å². The maximum absolute atomic E-state index is 4.01. The Bertz CT molecular complexity index is 314. The molecule has 0 saturated heterocycles. The van der Waals surface area contributed by atoms with Crippen LogP contribution in [-0.2, 0) is 0 Å². The minimum absolute atomic E-state index is 0.949. The van der Waals surface area contributed by atoms with Gasteiger partial charge in [0.2, 0.25) is 5.69 Å². The Morgan fingerprint density at radius 3 is 2.00 bits per heavy atom. The van der Waals surface area contributed by atoms with Crippen molar-refractivity contribution in [3.63, 3.8) is 0 Å². The molecule has 0 aliphatic heterocycles. The standard InChI is InChI=1S/C12H18N/c1-6-13(5)12-10(3)7-9(2)8-11(12)4/h7-8H,5-6H2,1-4H3/q+1. The maximum atomic E-state index is 4.01. The van der Waals surface area contributed by atoms with Crippen LogP contribution >= 0.6 is 0 Å². The first-order valence-corrected chi connectivity index (χ1v) is 4.72. The summed E-state index contributed by atoms with van der Waals surface area (Å²) in [6, 6.07) is 4.41. The molecular formula is C12H18N+. The van der Waals surface area contributed by atoms with Crippen molar-refractivity contribution in [3.05, 3.63) is 28.8 Å². The monoisotopic (exact) mass is 176 g/mol. The highest BCUT2D eigenvalue weighted by atomic mass is 15.0. The lowest BCUT2D eigenvalue weighted by atomic mass is 10.0. The third-order valence-electron chi connectivity index (χ3n) is 2.33. The Morgan fingerprint density at radius 1 is 1.15 bits per heavy atom. The number of nitrogens with zero attached hydrogens (tertiary/aromatic N) is 1. The minimum Gasteiger partial charge on any atom is -0.205 e. The van der Waals surface area contributed by atoms with E-state index in [4.69, 9.17) is 0 Å². The third-order valence-corrected chi connectivity index (χ3v) is 2.33. The van der Waals surface area contributed by atoms with E-state index in [-0.39, 0.29) is 0 Å². The highest BCUT2D eigenvalue weighted by Crippen LogP contribution is 2.23. The summed E-state index contributed by atoms with van der Waals surface area (Å²) in [5.41, 5.74) is 5.22. The van der Waals surface area contributed by atoms with Crippen molar-refractivity contribution in [1.29, 1.82) is 0 Å². The van der Waals surface area contributed by atoms with Gasteiger partial charge in [-0.15, -0.1) is 0 Å². The summed E-state index contributed by atoms with van der Waals surface area (Å²) in [4.78, 5) is 0. The lowest BCUT2D eigenvalue weighted by Crippen LogP contribution is -2.04. The van der Waals surface area contributed by atoms with Crippen molar-refractivity contribution in [1.82, 2.24) is 0 Å². The smallest absolute Gasteiger partial charge is 0.205 e. The first-order valence-electron chi connectivity index (χ1n) is 4.72. The predicted molar refractivity (Wildman–Crippen MR) is 58.2 cm³/mol. The topological polar surface area (TPSA) is 3.01 Å². The highest BCUT2D eigenvalue weighted by molar-refractivity contribution is 5.50. The molecule has 0 heterocycles. The van der Waals surface area contributed by atoms with Crippen LogP contribution in [0.5, 0.6) is 0 Å². The zero-order valence-corrected chi connectivity index (χ0v) is 9.02. The van der Waals surface area contributed by atoms with E-state index in [1.54, 1.807) is 0 Å². The molecule has 0 fully saturated rings. The molecule has 0 radical (unpaired) electrons. The number of rotatable bonds is 2. The van der Waals surface area contributed by atoms with Gasteiger partial charge in [-0.2, -0.15) is 0 Å². The second-order valence-corrected chi connectivity index (χ2v) is 3.60. The molecule has 0 aliphatic carbocycles. The van der Waals surface area contributed by atoms with Gasteiger partial charge in [0.15, 0.2) is 0 Å². The van der Waals surface area contributed by atoms with Gasteiger partial charge in [-0.25, -0.2) is 4.58 Å². The van der Waals surface area contributed by atoms with E-state index in [0.717, 1.165) is 6.54 Å². The Hall–Kier alpha value is -1.11. The summed E-state index contributed by atoms with van der Waals surface area (Å²) < 4.78 is 2.05. The van der Waals surface area contributed by atoms with E-state index < -0.39 is 0 Å². The molecule has 0 spiro atoms. The molecule has 0 N–H and O–H groups in total. The van der Waals surface area contributed by atoms with Gasteiger partial charge >= 0.3 is 0 Å². The van der Waals surface area contributed by atoms with Crippen molar-refractivity contribution >= 4 is 12.4 Å². The number of hydrogen-bond acceptors (Lipinski definition) is 0. The fraction of sp³-hybridized carbons (Fsp3) is 0.417. The van der Waals surface area contributed by atoms with Gasteiger partial charge in [0.1, 0.15) is 13.3 Å². The van der Waals surface area contributed by atoms with Gasteiger partial charge in [-0.05, 0) is 39.8 Å². The van der Waals surface area contributed by atoms with Crippen molar-refractivity contribution in [2.45, 2.75) is 27.7 Å². The zero-order chi connectivity index (χ0) is 10.0. The molecule has 0 unspecified atom stereocenters. The van der Waals surface area contributed by atoms with E-state index >= 15 is 0 Å². The molecule has 0 aromatic heterocycles. The van der Waals surface area contributed by atoms with Gasteiger partial charge in [-0.1, -0.05) is 5.56 Å². The largest absolute Gasteiger partial charge is 0.210 e. The van der Waals surface area contributed by atoms with Crippen LogP contribution in [0.1, 0.15) is 23.6 Å². The molecule has 0 aliphatic rings. The average Bonchev–Trinajstić information content (AvgIpc) is 2.02. The number of hydrogen-bond donors (Lipinski definition) is 0. The molecule has 0 amide bonds. The van der Waals surface area contributed by atoms with Crippen molar-refractivity contribution in [3.8, 4) is 0 Å². The Labute approximate surface area is 80.7 Å². The lowest BCUT2D eigenvalue weighted by molar-refractivity contribution is -0.427. The normalized spacial score (nSPS) is 10.2. The Balaban J connectivity index is 3.28. The van der Waals surface area contributed by atoms with Gasteiger partial charge in [0, 0.05) is 11.1 Å². The van der Waals surface area contributed by atoms with E-state index in [2.05, 4.69) is 46.5 Å². The first kappa shape index (κ1) is 9.97. The molecule has 1 heteroatoms. The summed E-state index contributed by atoms with van der Waals surface area (Å²) in [5.74, 6) is 0. The fourth-order valence-electron chi connectivity index (χ4n) is 1.83. The molecule has 1 nitrogen and oxygen atoms in total. The first-order chi connectivity index (χ1) is 6.06. The van der Waals surface area contributed by atoms with Gasteiger partial charge < -0.3 is 0 Å². The van der Waals surface area contributed by atoms with Crippen LogP contribution in [0.25, 0.3) is 0 Å². The minimum atomic E-state index is 0.949. The molecule has 0 bridgehead atoms. The van der Waals surface area contributed by atoms with Crippen molar-refractivity contribution in [2.75, 3.05) is 6.54 Å².